The molecule has 0 spiro atoms. The number of nitrogens with zero attached hydrogens (tertiary/aromatic N) is 4. The summed E-state index contributed by atoms with van der Waals surface area (Å²) in [5, 5.41) is 3.77. The number of ether oxygens (including phenoxy) is 1. The molecule has 0 bridgehead atoms. The number of aromatic nitrogens is 2. The number of sulfonamides is 1. The quantitative estimate of drug-likeness (QED) is 0.496. The number of aryl methyl sites for hydroxylation is 1. The fourth-order valence-electron chi connectivity index (χ4n) is 4.30. The van der Waals surface area contributed by atoms with Gasteiger partial charge in [0.2, 0.25) is 27.7 Å². The molecule has 0 aromatic carbocycles. The minimum atomic E-state index is -3.77. The number of likely N-dealkylation sites (tertiary alicyclic amines) is 1. The second-order valence-corrected chi connectivity index (χ2v) is 12.3. The number of amides is 2. The molecule has 4 heterocycles. The summed E-state index contributed by atoms with van der Waals surface area (Å²) in [4.78, 5) is 34.8. The number of nitrogens with one attached hydrogen (secondary N) is 1. The highest BCUT2D eigenvalue weighted by atomic mass is 35.5. The minimum Gasteiger partial charge on any atom is -0.378 e. The normalized spacial score (nSPS) is 20.9. The Morgan fingerprint density at radius 2 is 2.06 bits per heavy atom. The average Bonchev–Trinajstić information content (AvgIpc) is 3.53. The summed E-state index contributed by atoms with van der Waals surface area (Å²) in [5.41, 5.74) is 0. The number of thiophene rings is 1. The first-order chi connectivity index (χ1) is 16.6. The predicted molar refractivity (Wildman–Crippen MR) is 129 cm³/mol. The van der Waals surface area contributed by atoms with Gasteiger partial charge in [0.15, 0.2) is 5.82 Å². The lowest BCUT2D eigenvalue weighted by atomic mass is 10.1. The molecule has 2 fully saturated rings. The largest absolute Gasteiger partial charge is 0.378 e. The highest BCUT2D eigenvalue weighted by Gasteiger charge is 2.42. The van der Waals surface area contributed by atoms with Crippen molar-refractivity contribution in [3.63, 3.8) is 0 Å². The number of carbonyl (C=O) groups excluding carboxylic acids is 2. The van der Waals surface area contributed by atoms with E-state index >= 15 is 0 Å². The average molecular weight is 546 g/mol. The van der Waals surface area contributed by atoms with Crippen LogP contribution in [0.25, 0.3) is 0 Å². The van der Waals surface area contributed by atoms with Gasteiger partial charge < -0.3 is 19.1 Å². The smallest absolute Gasteiger partial charge is 0.246 e. The van der Waals surface area contributed by atoms with E-state index < -0.39 is 28.0 Å². The van der Waals surface area contributed by atoms with Gasteiger partial charge in [-0.1, -0.05) is 23.7 Å². The maximum absolute atomic E-state index is 13.4. The molecule has 1 unspecified atom stereocenters. The zero-order valence-corrected chi connectivity index (χ0v) is 21.9. The van der Waals surface area contributed by atoms with Crippen molar-refractivity contribution >= 4 is 44.8 Å². The molecule has 2 aromatic heterocycles. The van der Waals surface area contributed by atoms with Crippen LogP contribution in [0.15, 0.2) is 16.7 Å². The Morgan fingerprint density at radius 3 is 2.69 bits per heavy atom. The number of hydrogen-bond donors (Lipinski definition) is 1. The van der Waals surface area contributed by atoms with Crippen LogP contribution >= 0.6 is 22.9 Å². The molecule has 2 aliphatic heterocycles. The van der Waals surface area contributed by atoms with Crippen LogP contribution in [0.3, 0.4) is 0 Å². The molecule has 4 rings (SSSR count). The van der Waals surface area contributed by atoms with Gasteiger partial charge in [-0.25, -0.2) is 13.1 Å². The highest BCUT2D eigenvalue weighted by molar-refractivity contribution is 7.89. The van der Waals surface area contributed by atoms with Crippen LogP contribution in [0.4, 0.5) is 0 Å². The van der Waals surface area contributed by atoms with Gasteiger partial charge in [0, 0.05) is 30.4 Å². The van der Waals surface area contributed by atoms with E-state index in [0.717, 1.165) is 4.88 Å². The molecular formula is C21H28ClN5O6S2. The van der Waals surface area contributed by atoms with Gasteiger partial charge in [-0.2, -0.15) is 4.98 Å². The van der Waals surface area contributed by atoms with E-state index in [2.05, 4.69) is 14.9 Å². The second kappa shape index (κ2) is 10.9. The van der Waals surface area contributed by atoms with Crippen LogP contribution in [0.1, 0.15) is 35.9 Å². The molecule has 3 atom stereocenters. The molecule has 11 nitrogen and oxygen atoms in total. The van der Waals surface area contributed by atoms with Crippen LogP contribution in [0.2, 0.25) is 4.34 Å². The van der Waals surface area contributed by atoms with E-state index in [1.54, 1.807) is 30.9 Å². The monoisotopic (exact) mass is 545 g/mol. The van der Waals surface area contributed by atoms with Crippen molar-refractivity contribution in [1.82, 2.24) is 24.7 Å². The van der Waals surface area contributed by atoms with Gasteiger partial charge in [0.05, 0.1) is 29.7 Å². The van der Waals surface area contributed by atoms with Crippen LogP contribution < -0.4 is 4.72 Å². The standard InChI is InChI=1S/C21H28ClN5O6S2/c1-13(17-3-4-18(22)34-17)12-35(30,31)25-15-5-6-27(20(15)28)16(11-19-23-14(2)24-33-19)21(29)26-7-9-32-10-8-26/h3-4,13,15-16,25H,5-12H2,1-2H3/t13?,15-,16-/m0/s1. The number of morpholine rings is 1. The third kappa shape index (κ3) is 6.39. The Balaban J connectivity index is 1.46. The van der Waals surface area contributed by atoms with Gasteiger partial charge >= 0.3 is 0 Å². The van der Waals surface area contributed by atoms with E-state index in [9.17, 15) is 18.0 Å². The summed E-state index contributed by atoms with van der Waals surface area (Å²) in [6.45, 7) is 5.37. The van der Waals surface area contributed by atoms with Gasteiger partial charge in [-0.3, -0.25) is 9.59 Å². The highest BCUT2D eigenvalue weighted by Crippen LogP contribution is 2.29. The first-order valence-electron chi connectivity index (χ1n) is 11.3. The topological polar surface area (TPSA) is 135 Å². The molecule has 2 saturated heterocycles. The number of rotatable bonds is 9. The molecule has 35 heavy (non-hydrogen) atoms. The zero-order valence-electron chi connectivity index (χ0n) is 19.5. The lowest BCUT2D eigenvalue weighted by Gasteiger charge is -2.34. The van der Waals surface area contributed by atoms with Crippen molar-refractivity contribution in [2.24, 2.45) is 0 Å². The molecule has 0 radical (unpaired) electrons. The number of hydrogen-bond acceptors (Lipinski definition) is 9. The van der Waals surface area contributed by atoms with Crippen molar-refractivity contribution in [2.75, 3.05) is 38.6 Å². The Labute approximate surface area is 212 Å². The minimum absolute atomic E-state index is 0.0540. The van der Waals surface area contributed by atoms with Crippen molar-refractivity contribution in [3.05, 3.63) is 33.1 Å². The second-order valence-electron chi connectivity index (χ2n) is 8.71. The maximum atomic E-state index is 13.4. The summed E-state index contributed by atoms with van der Waals surface area (Å²) in [6.07, 6.45) is 0.311. The predicted octanol–water partition coefficient (Wildman–Crippen LogP) is 1.19. The summed E-state index contributed by atoms with van der Waals surface area (Å²) in [6, 6.07) is 1.72. The van der Waals surface area contributed by atoms with Crippen molar-refractivity contribution in [3.8, 4) is 0 Å². The lowest BCUT2D eigenvalue weighted by molar-refractivity contribution is -0.146. The first kappa shape index (κ1) is 26.0. The molecule has 2 amide bonds. The van der Waals surface area contributed by atoms with Gasteiger partial charge in [-0.05, 0) is 25.5 Å². The zero-order chi connectivity index (χ0) is 25.2. The van der Waals surface area contributed by atoms with Crippen molar-refractivity contribution in [2.45, 2.75) is 44.7 Å². The van der Waals surface area contributed by atoms with Crippen molar-refractivity contribution < 1.29 is 27.3 Å². The Bertz CT molecular complexity index is 1160. The van der Waals surface area contributed by atoms with E-state index in [4.69, 9.17) is 20.9 Å². The summed E-state index contributed by atoms with van der Waals surface area (Å²) >= 11 is 7.30. The van der Waals surface area contributed by atoms with Crippen LogP contribution in [0, 0.1) is 6.92 Å². The number of carbonyl (C=O) groups is 2. The van der Waals surface area contributed by atoms with Crippen molar-refractivity contribution in [1.29, 1.82) is 0 Å². The summed E-state index contributed by atoms with van der Waals surface area (Å²) in [5.74, 6) is -0.474. The number of halogens is 1. The Morgan fingerprint density at radius 1 is 1.31 bits per heavy atom. The Kier molecular flexibility index (Phi) is 8.11. The first-order valence-corrected chi connectivity index (χ1v) is 14.2. The van der Waals surface area contributed by atoms with Crippen LogP contribution in [-0.4, -0.2) is 90.9 Å². The SMILES string of the molecule is Cc1noc(C[C@@H](C(=O)N2CCOCC2)N2CC[C@H](NS(=O)(=O)CC(C)c3ccc(Cl)s3)C2=O)n1. The van der Waals surface area contributed by atoms with E-state index in [-0.39, 0.29) is 42.9 Å². The third-order valence-electron chi connectivity index (χ3n) is 6.03. The summed E-state index contributed by atoms with van der Waals surface area (Å²) in [7, 11) is -3.77. The molecule has 2 aliphatic rings. The maximum Gasteiger partial charge on any atom is 0.246 e. The van der Waals surface area contributed by atoms with E-state index in [1.807, 2.05) is 0 Å². The van der Waals surface area contributed by atoms with E-state index in [0.29, 0.717) is 36.5 Å². The van der Waals surface area contributed by atoms with Gasteiger partial charge in [0.25, 0.3) is 0 Å². The molecule has 1 N–H and O–H groups in total. The lowest BCUT2D eigenvalue weighted by Crippen LogP contribution is -2.54. The molecule has 0 saturated carbocycles. The Hall–Kier alpha value is -2.06. The molecule has 2 aromatic rings. The fourth-order valence-corrected chi connectivity index (χ4v) is 7.11. The third-order valence-corrected chi connectivity index (χ3v) is 9.08. The van der Waals surface area contributed by atoms with Gasteiger partial charge in [0.1, 0.15) is 12.1 Å². The summed E-state index contributed by atoms with van der Waals surface area (Å²) < 4.78 is 39.4. The van der Waals surface area contributed by atoms with Crippen LogP contribution in [-0.2, 0) is 30.8 Å². The van der Waals surface area contributed by atoms with E-state index in [1.165, 1.54) is 16.2 Å². The van der Waals surface area contributed by atoms with Gasteiger partial charge in [-0.15, -0.1) is 11.3 Å². The molecular weight excluding hydrogens is 518 g/mol. The molecule has 192 valence electrons. The fraction of sp³-hybridized carbons (Fsp3) is 0.619. The molecule has 14 heteroatoms. The molecule has 0 aliphatic carbocycles. The van der Waals surface area contributed by atoms with Crippen LogP contribution in [0.5, 0.6) is 0 Å².